The Balaban J connectivity index is 1.07. The smallest absolute Gasteiger partial charge is 0.0434 e. The molecule has 50 heavy (non-hydrogen) atoms. The second-order valence-electron chi connectivity index (χ2n) is 13.2. The predicted molar refractivity (Wildman–Crippen MR) is 220 cm³/mol. The molecule has 1 aliphatic rings. The molecule has 0 N–H and O–H groups in total. The Hall–Kier alpha value is -5.48. The Bertz CT molecular complexity index is 2750. The van der Waals surface area contributed by atoms with Gasteiger partial charge < -0.3 is 4.90 Å². The van der Waals surface area contributed by atoms with Crippen molar-refractivity contribution in [2.24, 2.45) is 0 Å². The molecule has 0 bridgehead atoms. The summed E-state index contributed by atoms with van der Waals surface area (Å²) in [5.41, 5.74) is 11.7. The largest absolute Gasteiger partial charge is 0.341 e. The maximum atomic E-state index is 4.37. The topological polar surface area (TPSA) is 3.24 Å². The summed E-state index contributed by atoms with van der Waals surface area (Å²) in [5, 5.41) is 6.70. The van der Waals surface area contributed by atoms with Crippen molar-refractivity contribution in [2.75, 3.05) is 11.4 Å². The van der Waals surface area contributed by atoms with Crippen molar-refractivity contribution < 1.29 is 0 Å². The van der Waals surface area contributed by atoms with E-state index in [-0.39, 0.29) is 0 Å². The summed E-state index contributed by atoms with van der Waals surface area (Å²) in [6.07, 6.45) is 4.02. The van der Waals surface area contributed by atoms with Crippen LogP contribution in [0.4, 0.5) is 11.4 Å². The van der Waals surface area contributed by atoms with Crippen LogP contribution in [0.3, 0.4) is 0 Å². The molecule has 0 spiro atoms. The van der Waals surface area contributed by atoms with Gasteiger partial charge >= 0.3 is 0 Å². The van der Waals surface area contributed by atoms with Crippen molar-refractivity contribution >= 4 is 81.2 Å². The lowest BCUT2D eigenvalue weighted by atomic mass is 10.0. The zero-order valence-corrected chi connectivity index (χ0v) is 29.2. The number of anilines is 2. The first kappa shape index (κ1) is 29.4. The zero-order valence-electron chi connectivity index (χ0n) is 27.5. The fourth-order valence-corrected chi connectivity index (χ4v) is 10.5. The number of fused-ring (bicyclic) bond motifs is 10. The van der Waals surface area contributed by atoms with Crippen LogP contribution in [0.2, 0.25) is 0 Å². The number of rotatable bonds is 7. The van der Waals surface area contributed by atoms with Gasteiger partial charge in [-0.1, -0.05) is 122 Å². The Morgan fingerprint density at radius 3 is 2.16 bits per heavy atom. The average molecular weight is 676 g/mol. The summed E-state index contributed by atoms with van der Waals surface area (Å²) < 4.78 is 4.05. The standard InChI is InChI=1S/C47H33NS2/c1-2-37-42(49-43-24-25-44-46(45(37)43)40-23-19-32-12-6-9-15-39(32)47(40)50-44)26-27-48(35-20-16-31(17-21-35)30-10-4-3-5-11-30)36-22-18-34-28-33-13-7-8-14-38(33)41(34)29-36/h2-25,29H,1,26-28H2. The highest BCUT2D eigenvalue weighted by atomic mass is 32.1. The van der Waals surface area contributed by atoms with E-state index < -0.39 is 0 Å². The van der Waals surface area contributed by atoms with Gasteiger partial charge in [-0.15, -0.1) is 22.7 Å². The number of nitrogens with zero attached hydrogens (tertiary/aromatic N) is 1. The number of benzene rings is 7. The first-order chi connectivity index (χ1) is 24.7. The minimum Gasteiger partial charge on any atom is -0.341 e. The van der Waals surface area contributed by atoms with Crippen LogP contribution in [0.25, 0.3) is 69.4 Å². The lowest BCUT2D eigenvalue weighted by molar-refractivity contribution is 0.926. The van der Waals surface area contributed by atoms with Crippen molar-refractivity contribution in [3.63, 3.8) is 0 Å². The van der Waals surface area contributed by atoms with Gasteiger partial charge in [-0.3, -0.25) is 0 Å². The SMILES string of the molecule is C=Cc1c(CCN(c2ccc(-c3ccccc3)cc2)c2ccc3c(c2)-c2ccccc2C3)sc2ccc3sc4c5ccccc5ccc4c3c12. The van der Waals surface area contributed by atoms with Gasteiger partial charge in [-0.2, -0.15) is 0 Å². The first-order valence-corrected chi connectivity index (χ1v) is 18.9. The molecular formula is C47H33NS2. The van der Waals surface area contributed by atoms with E-state index in [0.717, 1.165) is 19.4 Å². The maximum absolute atomic E-state index is 4.37. The summed E-state index contributed by atoms with van der Waals surface area (Å²) in [6.45, 7) is 5.23. The van der Waals surface area contributed by atoms with E-state index in [0.29, 0.717) is 0 Å². The molecule has 1 nitrogen and oxygen atoms in total. The van der Waals surface area contributed by atoms with E-state index in [1.165, 1.54) is 96.2 Å². The third kappa shape index (κ3) is 4.73. The molecule has 0 aliphatic heterocycles. The molecule has 0 radical (unpaired) electrons. The van der Waals surface area contributed by atoms with Crippen LogP contribution in [0.5, 0.6) is 0 Å². The highest BCUT2D eigenvalue weighted by Gasteiger charge is 2.22. The summed E-state index contributed by atoms with van der Waals surface area (Å²) in [4.78, 5) is 3.90. The van der Waals surface area contributed by atoms with E-state index in [1.54, 1.807) is 0 Å². The van der Waals surface area contributed by atoms with Gasteiger partial charge in [0.15, 0.2) is 0 Å². The molecule has 0 saturated carbocycles. The molecule has 0 fully saturated rings. The molecule has 2 aromatic heterocycles. The van der Waals surface area contributed by atoms with E-state index >= 15 is 0 Å². The molecule has 0 saturated heterocycles. The molecule has 7 aromatic carbocycles. The van der Waals surface area contributed by atoms with Gasteiger partial charge in [0.2, 0.25) is 0 Å². The van der Waals surface area contributed by atoms with Crippen LogP contribution in [-0.4, -0.2) is 6.54 Å². The van der Waals surface area contributed by atoms with Crippen molar-refractivity contribution in [3.8, 4) is 22.3 Å². The molecule has 1 aliphatic carbocycles. The lowest BCUT2D eigenvalue weighted by Crippen LogP contribution is -2.20. The lowest BCUT2D eigenvalue weighted by Gasteiger charge is -2.26. The number of hydrogen-bond donors (Lipinski definition) is 0. The predicted octanol–water partition coefficient (Wildman–Crippen LogP) is 13.7. The molecule has 0 unspecified atom stereocenters. The highest BCUT2D eigenvalue weighted by molar-refractivity contribution is 7.27. The van der Waals surface area contributed by atoms with Gasteiger partial charge in [0.25, 0.3) is 0 Å². The van der Waals surface area contributed by atoms with Gasteiger partial charge in [-0.05, 0) is 92.5 Å². The fourth-order valence-electron chi connectivity index (χ4n) is 8.02. The molecule has 9 aromatic rings. The van der Waals surface area contributed by atoms with Crippen LogP contribution in [-0.2, 0) is 12.8 Å². The minimum absolute atomic E-state index is 0.858. The molecule has 10 rings (SSSR count). The molecule has 0 amide bonds. The Labute approximate surface area is 300 Å². The van der Waals surface area contributed by atoms with Crippen molar-refractivity contribution in [2.45, 2.75) is 12.8 Å². The minimum atomic E-state index is 0.858. The first-order valence-electron chi connectivity index (χ1n) is 17.3. The Morgan fingerprint density at radius 1 is 0.580 bits per heavy atom. The third-order valence-electron chi connectivity index (χ3n) is 10.4. The summed E-state index contributed by atoms with van der Waals surface area (Å²) in [6, 6.07) is 53.7. The Kier molecular flexibility index (Phi) is 6.97. The zero-order chi connectivity index (χ0) is 33.2. The normalized spacial score (nSPS) is 12.2. The second kappa shape index (κ2) is 11.8. The third-order valence-corrected chi connectivity index (χ3v) is 12.9. The van der Waals surface area contributed by atoms with E-state index in [2.05, 4.69) is 163 Å². The van der Waals surface area contributed by atoms with Crippen molar-refractivity contribution in [1.82, 2.24) is 0 Å². The highest BCUT2D eigenvalue weighted by Crippen LogP contribution is 2.46. The van der Waals surface area contributed by atoms with Gasteiger partial charge in [0.1, 0.15) is 0 Å². The fraction of sp³-hybridized carbons (Fsp3) is 0.0638. The number of hydrogen-bond acceptors (Lipinski definition) is 3. The molecule has 0 atom stereocenters. The Morgan fingerprint density at radius 2 is 1.30 bits per heavy atom. The van der Waals surface area contributed by atoms with E-state index in [4.69, 9.17) is 0 Å². The van der Waals surface area contributed by atoms with Crippen LogP contribution in [0, 0.1) is 0 Å². The molecular weight excluding hydrogens is 643 g/mol. The second-order valence-corrected chi connectivity index (χ2v) is 15.4. The van der Waals surface area contributed by atoms with Gasteiger partial charge in [0.05, 0.1) is 0 Å². The number of thiophene rings is 2. The van der Waals surface area contributed by atoms with Crippen LogP contribution in [0.15, 0.2) is 152 Å². The quantitative estimate of drug-likeness (QED) is 0.162. The summed E-state index contributed by atoms with van der Waals surface area (Å²) in [5.74, 6) is 0. The van der Waals surface area contributed by atoms with Crippen molar-refractivity contribution in [3.05, 3.63) is 174 Å². The van der Waals surface area contributed by atoms with Gasteiger partial charge in [-0.25, -0.2) is 0 Å². The monoisotopic (exact) mass is 675 g/mol. The maximum Gasteiger partial charge on any atom is 0.0434 e. The van der Waals surface area contributed by atoms with Crippen LogP contribution >= 0.6 is 22.7 Å². The molecule has 3 heteroatoms. The van der Waals surface area contributed by atoms with Crippen LogP contribution < -0.4 is 4.90 Å². The van der Waals surface area contributed by atoms with Crippen LogP contribution in [0.1, 0.15) is 21.6 Å². The van der Waals surface area contributed by atoms with E-state index in [9.17, 15) is 0 Å². The van der Waals surface area contributed by atoms with E-state index in [1.807, 2.05) is 22.7 Å². The average Bonchev–Trinajstić information content (AvgIpc) is 3.86. The van der Waals surface area contributed by atoms with Gasteiger partial charge in [0, 0.05) is 59.5 Å². The summed E-state index contributed by atoms with van der Waals surface area (Å²) >= 11 is 3.84. The van der Waals surface area contributed by atoms with Crippen molar-refractivity contribution in [1.29, 1.82) is 0 Å². The molecule has 238 valence electrons. The summed E-state index contributed by atoms with van der Waals surface area (Å²) in [7, 11) is 0. The molecule has 2 heterocycles.